The summed E-state index contributed by atoms with van der Waals surface area (Å²) in [4.78, 5) is 41.7. The van der Waals surface area contributed by atoms with Gasteiger partial charge in [0.05, 0.1) is 17.7 Å². The van der Waals surface area contributed by atoms with E-state index < -0.39 is 29.2 Å². The summed E-state index contributed by atoms with van der Waals surface area (Å²) in [5, 5.41) is 0. The molecule has 0 bridgehead atoms. The van der Waals surface area contributed by atoms with Crippen molar-refractivity contribution >= 4 is 23.4 Å². The van der Waals surface area contributed by atoms with Gasteiger partial charge >= 0.3 is 0 Å². The number of benzene rings is 2. The molecule has 1 unspecified atom stereocenters. The molecule has 1 heterocycles. The topological polar surface area (TPSA) is 57.7 Å². The van der Waals surface area contributed by atoms with E-state index in [0.717, 1.165) is 10.5 Å². The minimum atomic E-state index is -0.991. The number of anilines is 1. The zero-order valence-corrected chi connectivity index (χ0v) is 18.0. The summed E-state index contributed by atoms with van der Waals surface area (Å²) < 4.78 is 14.3. The minimum Gasteiger partial charge on any atom is -0.321 e. The molecule has 158 valence electrons. The van der Waals surface area contributed by atoms with E-state index in [9.17, 15) is 18.8 Å². The number of hydrogen-bond acceptors (Lipinski definition) is 3. The Morgan fingerprint density at radius 2 is 1.67 bits per heavy atom. The highest BCUT2D eigenvalue weighted by Crippen LogP contribution is 2.32. The normalized spacial score (nSPS) is 17.0. The first-order chi connectivity index (χ1) is 14.0. The van der Waals surface area contributed by atoms with Crippen LogP contribution in [-0.4, -0.2) is 34.2 Å². The minimum absolute atomic E-state index is 0.118. The van der Waals surface area contributed by atoms with E-state index in [1.165, 1.54) is 23.1 Å². The van der Waals surface area contributed by atoms with Gasteiger partial charge < -0.3 is 4.90 Å². The Hall–Kier alpha value is -3.02. The van der Waals surface area contributed by atoms with Gasteiger partial charge in [-0.2, -0.15) is 0 Å². The van der Waals surface area contributed by atoms with Crippen molar-refractivity contribution in [1.82, 2.24) is 4.90 Å². The molecule has 0 spiro atoms. The molecular weight excluding hydrogens is 383 g/mol. The second-order valence-electron chi connectivity index (χ2n) is 8.86. The molecule has 3 amide bonds. The highest BCUT2D eigenvalue weighted by molar-refractivity contribution is 6.23. The quantitative estimate of drug-likeness (QED) is 0.697. The van der Waals surface area contributed by atoms with Crippen molar-refractivity contribution in [2.24, 2.45) is 0 Å². The first-order valence-electron chi connectivity index (χ1n) is 10.1. The molecule has 0 saturated carbocycles. The van der Waals surface area contributed by atoms with Crippen molar-refractivity contribution in [3.63, 3.8) is 0 Å². The lowest BCUT2D eigenvalue weighted by atomic mass is 9.99. The fourth-order valence-corrected chi connectivity index (χ4v) is 3.78. The van der Waals surface area contributed by atoms with Crippen LogP contribution in [0.15, 0.2) is 48.5 Å². The van der Waals surface area contributed by atoms with E-state index >= 15 is 0 Å². The Morgan fingerprint density at radius 1 is 1.07 bits per heavy atom. The summed E-state index contributed by atoms with van der Waals surface area (Å²) >= 11 is 0. The first kappa shape index (κ1) is 21.7. The van der Waals surface area contributed by atoms with Crippen LogP contribution < -0.4 is 4.90 Å². The van der Waals surface area contributed by atoms with Crippen molar-refractivity contribution < 1.29 is 18.8 Å². The van der Waals surface area contributed by atoms with Crippen LogP contribution in [0.5, 0.6) is 0 Å². The molecule has 5 nitrogen and oxygen atoms in total. The molecule has 0 radical (unpaired) electrons. The highest BCUT2D eigenvalue weighted by Gasteiger charge is 2.48. The van der Waals surface area contributed by atoms with Gasteiger partial charge in [0.15, 0.2) is 0 Å². The molecule has 3 rings (SSSR count). The lowest BCUT2D eigenvalue weighted by Crippen LogP contribution is -2.54. The molecule has 0 N–H and O–H groups in total. The molecular formula is C24H27FN2O3. The maximum Gasteiger partial charge on any atom is 0.257 e. The van der Waals surface area contributed by atoms with Crippen molar-refractivity contribution in [2.45, 2.75) is 58.5 Å². The average Bonchev–Trinajstić information content (AvgIpc) is 2.95. The Morgan fingerprint density at radius 3 is 2.20 bits per heavy atom. The van der Waals surface area contributed by atoms with Crippen LogP contribution in [0, 0.1) is 5.82 Å². The molecule has 1 atom stereocenters. The van der Waals surface area contributed by atoms with Gasteiger partial charge in [-0.05, 0) is 56.5 Å². The molecule has 1 aliphatic heterocycles. The summed E-state index contributed by atoms with van der Waals surface area (Å²) in [6, 6.07) is 11.9. The number of carbonyl (C=O) groups excluding carboxylic acids is 3. The van der Waals surface area contributed by atoms with Crippen LogP contribution in [0.2, 0.25) is 0 Å². The third-order valence-corrected chi connectivity index (χ3v) is 5.30. The molecule has 0 aliphatic carbocycles. The summed E-state index contributed by atoms with van der Waals surface area (Å²) in [6.45, 7) is 9.43. The largest absolute Gasteiger partial charge is 0.321 e. The van der Waals surface area contributed by atoms with Gasteiger partial charge in [0, 0.05) is 5.54 Å². The van der Waals surface area contributed by atoms with Gasteiger partial charge in [-0.15, -0.1) is 0 Å². The fraction of sp³-hybridized carbons (Fsp3) is 0.375. The Labute approximate surface area is 176 Å². The van der Waals surface area contributed by atoms with Gasteiger partial charge in [0.25, 0.3) is 11.8 Å². The van der Waals surface area contributed by atoms with Crippen LogP contribution in [0.3, 0.4) is 0 Å². The second kappa shape index (κ2) is 8.01. The number of rotatable bonds is 4. The first-order valence-corrected chi connectivity index (χ1v) is 10.1. The standard InChI is InChI=1S/C24H27FN2O3/c1-15(2)16-10-12-17(13-11-16)26-21(28)14-20(23(26)30)27(24(3,4)5)22(29)18-8-6-7-9-19(18)25/h6-13,15,20H,14H2,1-5H3. The molecule has 6 heteroatoms. The fourth-order valence-electron chi connectivity index (χ4n) is 3.78. The van der Waals surface area contributed by atoms with Crippen LogP contribution in [0.4, 0.5) is 10.1 Å². The molecule has 30 heavy (non-hydrogen) atoms. The molecule has 1 fully saturated rings. The molecule has 2 aromatic rings. The van der Waals surface area contributed by atoms with Crippen molar-refractivity contribution in [3.8, 4) is 0 Å². The summed E-state index contributed by atoms with van der Waals surface area (Å²) in [6.07, 6.45) is -0.137. The molecule has 1 aliphatic rings. The lowest BCUT2D eigenvalue weighted by Gasteiger charge is -2.39. The van der Waals surface area contributed by atoms with Gasteiger partial charge in [0.1, 0.15) is 11.9 Å². The van der Waals surface area contributed by atoms with E-state index in [1.54, 1.807) is 39.0 Å². The Kier molecular flexibility index (Phi) is 5.79. The predicted molar refractivity (Wildman–Crippen MR) is 114 cm³/mol. The van der Waals surface area contributed by atoms with E-state index in [-0.39, 0.29) is 17.9 Å². The van der Waals surface area contributed by atoms with Crippen LogP contribution >= 0.6 is 0 Å². The van der Waals surface area contributed by atoms with Crippen molar-refractivity contribution in [3.05, 3.63) is 65.5 Å². The van der Waals surface area contributed by atoms with Gasteiger partial charge in [0.2, 0.25) is 5.91 Å². The SMILES string of the molecule is CC(C)c1ccc(N2C(=O)CC(N(C(=O)c3ccccc3F)C(C)(C)C)C2=O)cc1. The maximum atomic E-state index is 14.3. The number of hydrogen-bond donors (Lipinski definition) is 0. The predicted octanol–water partition coefficient (Wildman–Crippen LogP) is 4.52. The highest BCUT2D eigenvalue weighted by atomic mass is 19.1. The third kappa shape index (κ3) is 3.99. The van der Waals surface area contributed by atoms with E-state index in [0.29, 0.717) is 11.6 Å². The maximum absolute atomic E-state index is 14.3. The Bertz CT molecular complexity index is 977. The van der Waals surface area contributed by atoms with Gasteiger partial charge in [-0.25, -0.2) is 9.29 Å². The monoisotopic (exact) mass is 410 g/mol. The van der Waals surface area contributed by atoms with Crippen molar-refractivity contribution in [2.75, 3.05) is 4.90 Å². The van der Waals surface area contributed by atoms with E-state index in [1.807, 2.05) is 12.1 Å². The second-order valence-corrected chi connectivity index (χ2v) is 8.86. The van der Waals surface area contributed by atoms with E-state index in [2.05, 4.69) is 13.8 Å². The average molecular weight is 410 g/mol. The molecule has 0 aromatic heterocycles. The molecule has 2 aromatic carbocycles. The number of nitrogens with zero attached hydrogens (tertiary/aromatic N) is 2. The number of amides is 3. The summed E-state index contributed by atoms with van der Waals surface area (Å²) in [5.41, 5.74) is 0.661. The van der Waals surface area contributed by atoms with Gasteiger partial charge in [-0.1, -0.05) is 38.1 Å². The summed E-state index contributed by atoms with van der Waals surface area (Å²) in [7, 11) is 0. The van der Waals surface area contributed by atoms with E-state index in [4.69, 9.17) is 0 Å². The third-order valence-electron chi connectivity index (χ3n) is 5.30. The number of halogens is 1. The van der Waals surface area contributed by atoms with Crippen LogP contribution in [-0.2, 0) is 9.59 Å². The zero-order chi connectivity index (χ0) is 22.2. The van der Waals surface area contributed by atoms with Gasteiger partial charge in [-0.3, -0.25) is 14.4 Å². The number of carbonyl (C=O) groups is 3. The Balaban J connectivity index is 1.96. The molecule has 1 saturated heterocycles. The smallest absolute Gasteiger partial charge is 0.257 e. The van der Waals surface area contributed by atoms with Crippen LogP contribution in [0.1, 0.15) is 62.9 Å². The van der Waals surface area contributed by atoms with Crippen LogP contribution in [0.25, 0.3) is 0 Å². The van der Waals surface area contributed by atoms with Crippen molar-refractivity contribution in [1.29, 1.82) is 0 Å². The number of imide groups is 1. The lowest BCUT2D eigenvalue weighted by molar-refractivity contribution is -0.123. The zero-order valence-electron chi connectivity index (χ0n) is 18.0. The summed E-state index contributed by atoms with van der Waals surface area (Å²) in [5.74, 6) is -1.79.